The van der Waals surface area contributed by atoms with Crippen molar-refractivity contribution < 1.29 is 14.5 Å². The van der Waals surface area contributed by atoms with Crippen molar-refractivity contribution in [1.82, 2.24) is 0 Å². The molecule has 1 rings (SSSR count). The number of nitrogens with zero attached hydrogens (tertiary/aromatic N) is 1. The van der Waals surface area contributed by atoms with E-state index in [2.05, 4.69) is 0 Å². The lowest BCUT2D eigenvalue weighted by Gasteiger charge is -2.08. The maximum Gasteiger partial charge on any atom is 0.338 e. The molecule has 16 heavy (non-hydrogen) atoms. The number of benzene rings is 1. The van der Waals surface area contributed by atoms with Gasteiger partial charge in [0.1, 0.15) is 0 Å². The van der Waals surface area contributed by atoms with Crippen LogP contribution < -0.4 is 0 Å². The molecule has 0 atom stereocenters. The fraction of sp³-hybridized carbons (Fsp3) is 0.364. The molecule has 0 aliphatic carbocycles. The minimum absolute atomic E-state index is 0.00102. The molecule has 0 fully saturated rings. The molecule has 86 valence electrons. The van der Waals surface area contributed by atoms with Gasteiger partial charge in [0.25, 0.3) is 5.69 Å². The Bertz CT molecular complexity index is 426. The van der Waals surface area contributed by atoms with Gasteiger partial charge in [0.2, 0.25) is 0 Å². The van der Waals surface area contributed by atoms with Gasteiger partial charge in [-0.1, -0.05) is 0 Å². The Morgan fingerprint density at radius 3 is 2.50 bits per heavy atom. The fourth-order valence-electron chi connectivity index (χ4n) is 1.27. The Balaban J connectivity index is 2.97. The Morgan fingerprint density at radius 2 is 2.06 bits per heavy atom. The number of rotatable bonds is 3. The van der Waals surface area contributed by atoms with Crippen LogP contribution in [-0.4, -0.2) is 17.0 Å². The predicted molar refractivity (Wildman–Crippen MR) is 58.4 cm³/mol. The van der Waals surface area contributed by atoms with Crippen molar-refractivity contribution in [3.8, 4) is 0 Å². The third kappa shape index (κ3) is 2.79. The Kier molecular flexibility index (Phi) is 3.60. The number of carbonyl (C=O) groups excluding carboxylic acids is 1. The zero-order valence-electron chi connectivity index (χ0n) is 9.39. The van der Waals surface area contributed by atoms with Crippen molar-refractivity contribution in [2.45, 2.75) is 26.9 Å². The number of hydrogen-bond donors (Lipinski definition) is 0. The first-order chi connectivity index (χ1) is 7.41. The number of hydrogen-bond acceptors (Lipinski definition) is 4. The molecule has 0 aromatic heterocycles. The van der Waals surface area contributed by atoms with Gasteiger partial charge in [0, 0.05) is 11.6 Å². The van der Waals surface area contributed by atoms with Gasteiger partial charge in [-0.25, -0.2) is 4.79 Å². The van der Waals surface area contributed by atoms with Crippen LogP contribution in [0.25, 0.3) is 0 Å². The summed E-state index contributed by atoms with van der Waals surface area (Å²) in [5.41, 5.74) is 0.779. The molecule has 0 N–H and O–H groups in total. The van der Waals surface area contributed by atoms with E-state index in [9.17, 15) is 14.9 Å². The molecular formula is C11H13NO4. The lowest BCUT2D eigenvalue weighted by molar-refractivity contribution is -0.385. The normalized spacial score (nSPS) is 10.2. The molecule has 5 heteroatoms. The van der Waals surface area contributed by atoms with E-state index < -0.39 is 10.9 Å². The van der Waals surface area contributed by atoms with Crippen molar-refractivity contribution in [1.29, 1.82) is 0 Å². The summed E-state index contributed by atoms with van der Waals surface area (Å²) in [6, 6.07) is 4.17. The number of esters is 1. The molecular weight excluding hydrogens is 210 g/mol. The lowest BCUT2D eigenvalue weighted by atomic mass is 10.1. The monoisotopic (exact) mass is 223 g/mol. The van der Waals surface area contributed by atoms with Gasteiger partial charge in [0.05, 0.1) is 16.6 Å². The average molecular weight is 223 g/mol. The second-order valence-corrected chi connectivity index (χ2v) is 3.71. The van der Waals surface area contributed by atoms with E-state index in [0.29, 0.717) is 11.1 Å². The number of aryl methyl sites for hydroxylation is 1. The van der Waals surface area contributed by atoms with Crippen molar-refractivity contribution in [3.63, 3.8) is 0 Å². The molecule has 0 aliphatic rings. The third-order valence-electron chi connectivity index (χ3n) is 1.97. The first-order valence-corrected chi connectivity index (χ1v) is 4.88. The summed E-state index contributed by atoms with van der Waals surface area (Å²) in [5.74, 6) is -0.465. The van der Waals surface area contributed by atoms with Gasteiger partial charge >= 0.3 is 5.97 Å². The van der Waals surface area contributed by atoms with Crippen LogP contribution in [0.4, 0.5) is 5.69 Å². The Morgan fingerprint density at radius 1 is 1.44 bits per heavy atom. The molecule has 0 amide bonds. The van der Waals surface area contributed by atoms with E-state index in [-0.39, 0.29) is 11.8 Å². The van der Waals surface area contributed by atoms with Gasteiger partial charge < -0.3 is 4.74 Å². The van der Waals surface area contributed by atoms with Crippen LogP contribution in [-0.2, 0) is 4.74 Å². The van der Waals surface area contributed by atoms with Gasteiger partial charge in [-0.3, -0.25) is 10.1 Å². The van der Waals surface area contributed by atoms with Crippen LogP contribution in [0.2, 0.25) is 0 Å². The van der Waals surface area contributed by atoms with E-state index in [4.69, 9.17) is 4.74 Å². The first-order valence-electron chi connectivity index (χ1n) is 4.88. The Hall–Kier alpha value is -1.91. The SMILES string of the molecule is Cc1cc(C(=O)OC(C)C)ccc1[N+](=O)[O-]. The zero-order valence-corrected chi connectivity index (χ0v) is 9.39. The summed E-state index contributed by atoms with van der Waals surface area (Å²) in [6.07, 6.45) is -0.206. The molecule has 1 aromatic carbocycles. The molecule has 0 heterocycles. The minimum Gasteiger partial charge on any atom is -0.459 e. The second-order valence-electron chi connectivity index (χ2n) is 3.71. The summed E-state index contributed by atoms with van der Waals surface area (Å²) in [5, 5.41) is 10.6. The molecule has 0 spiro atoms. The van der Waals surface area contributed by atoms with E-state index in [1.807, 2.05) is 0 Å². The van der Waals surface area contributed by atoms with Crippen LogP contribution >= 0.6 is 0 Å². The largest absolute Gasteiger partial charge is 0.459 e. The maximum atomic E-state index is 11.5. The quantitative estimate of drug-likeness (QED) is 0.448. The van der Waals surface area contributed by atoms with Gasteiger partial charge in [-0.15, -0.1) is 0 Å². The number of ether oxygens (including phenoxy) is 1. The van der Waals surface area contributed by atoms with E-state index >= 15 is 0 Å². The van der Waals surface area contributed by atoms with Crippen molar-refractivity contribution >= 4 is 11.7 Å². The molecule has 0 unspecified atom stereocenters. The van der Waals surface area contributed by atoms with Crippen LogP contribution in [0.1, 0.15) is 29.8 Å². The predicted octanol–water partition coefficient (Wildman–Crippen LogP) is 2.47. The molecule has 0 saturated heterocycles. The smallest absolute Gasteiger partial charge is 0.338 e. The minimum atomic E-state index is -0.479. The van der Waals surface area contributed by atoms with Crippen LogP contribution in [0.3, 0.4) is 0 Å². The van der Waals surface area contributed by atoms with Crippen LogP contribution in [0.15, 0.2) is 18.2 Å². The van der Waals surface area contributed by atoms with Crippen molar-refractivity contribution in [2.75, 3.05) is 0 Å². The first kappa shape index (κ1) is 12.2. The van der Waals surface area contributed by atoms with Gasteiger partial charge in [-0.2, -0.15) is 0 Å². The van der Waals surface area contributed by atoms with Gasteiger partial charge in [-0.05, 0) is 32.9 Å². The number of carbonyl (C=O) groups is 1. The number of nitro groups is 1. The second kappa shape index (κ2) is 4.74. The highest BCUT2D eigenvalue weighted by molar-refractivity contribution is 5.90. The highest BCUT2D eigenvalue weighted by Gasteiger charge is 2.15. The van der Waals surface area contributed by atoms with Crippen LogP contribution in [0, 0.1) is 17.0 Å². The van der Waals surface area contributed by atoms with Crippen molar-refractivity contribution in [3.05, 3.63) is 39.4 Å². The average Bonchev–Trinajstić information content (AvgIpc) is 2.15. The zero-order chi connectivity index (χ0) is 12.3. The molecule has 0 saturated carbocycles. The van der Waals surface area contributed by atoms with E-state index in [0.717, 1.165) is 0 Å². The number of nitro benzene ring substituents is 1. The molecule has 5 nitrogen and oxygen atoms in total. The van der Waals surface area contributed by atoms with E-state index in [1.165, 1.54) is 18.2 Å². The van der Waals surface area contributed by atoms with E-state index in [1.54, 1.807) is 20.8 Å². The lowest BCUT2D eigenvalue weighted by Crippen LogP contribution is -2.11. The van der Waals surface area contributed by atoms with Crippen molar-refractivity contribution in [2.24, 2.45) is 0 Å². The summed E-state index contributed by atoms with van der Waals surface area (Å²) >= 11 is 0. The molecule has 0 radical (unpaired) electrons. The maximum absolute atomic E-state index is 11.5. The third-order valence-corrected chi connectivity index (χ3v) is 1.97. The molecule has 0 aliphatic heterocycles. The summed E-state index contributed by atoms with van der Waals surface area (Å²) in [6.45, 7) is 5.08. The highest BCUT2D eigenvalue weighted by Crippen LogP contribution is 2.19. The topological polar surface area (TPSA) is 69.4 Å². The summed E-state index contributed by atoms with van der Waals surface area (Å²) in [7, 11) is 0. The molecule has 1 aromatic rings. The van der Waals surface area contributed by atoms with Crippen LogP contribution in [0.5, 0.6) is 0 Å². The highest BCUT2D eigenvalue weighted by atomic mass is 16.6. The standard InChI is InChI=1S/C11H13NO4/c1-7(2)16-11(13)9-4-5-10(12(14)15)8(3)6-9/h4-7H,1-3H3. The van der Waals surface area contributed by atoms with Gasteiger partial charge in [0.15, 0.2) is 0 Å². The summed E-state index contributed by atoms with van der Waals surface area (Å²) < 4.78 is 4.98. The Labute approximate surface area is 93.2 Å². The summed E-state index contributed by atoms with van der Waals surface area (Å²) in [4.78, 5) is 21.6. The fourth-order valence-corrected chi connectivity index (χ4v) is 1.27. The molecule has 0 bridgehead atoms.